The highest BCUT2D eigenvalue weighted by Gasteiger charge is 2.38. The Balaban J connectivity index is 1.26. The van der Waals surface area contributed by atoms with Crippen LogP contribution in [-0.4, -0.2) is 0 Å². The predicted molar refractivity (Wildman–Crippen MR) is 117 cm³/mol. The molecule has 1 aromatic rings. The molecule has 156 valence electrons. The van der Waals surface area contributed by atoms with Gasteiger partial charge in [-0.25, -0.2) is 4.39 Å². The molecule has 0 nitrogen and oxygen atoms in total. The van der Waals surface area contributed by atoms with E-state index < -0.39 is 0 Å². The van der Waals surface area contributed by atoms with Crippen molar-refractivity contribution in [3.63, 3.8) is 0 Å². The first-order valence-electron chi connectivity index (χ1n) is 12.4. The molecule has 3 aliphatic rings. The standard InChI is InChI=1S/C27H41F/c1-3-4-5-20-7-9-25-17-24(15-14-23(25)16-20)21-10-12-22(13-11-21)26-8-6-19(2)27(28)18-26/h6,8,18,20-25H,3-5,7,9-17H2,1-2H3. The van der Waals surface area contributed by atoms with Crippen LogP contribution in [0.2, 0.25) is 0 Å². The molecule has 4 rings (SSSR count). The second kappa shape index (κ2) is 9.31. The molecule has 3 aliphatic carbocycles. The van der Waals surface area contributed by atoms with Crippen LogP contribution in [0.1, 0.15) is 107 Å². The monoisotopic (exact) mass is 384 g/mol. The zero-order chi connectivity index (χ0) is 19.5. The zero-order valence-electron chi connectivity index (χ0n) is 18.3. The Bertz CT molecular complexity index is 627. The minimum atomic E-state index is -0.0208. The molecule has 0 amide bonds. The molecular weight excluding hydrogens is 343 g/mol. The lowest BCUT2D eigenvalue weighted by atomic mass is 9.60. The van der Waals surface area contributed by atoms with Crippen LogP contribution in [0.3, 0.4) is 0 Å². The Labute approximate surface area is 172 Å². The average Bonchev–Trinajstić information content (AvgIpc) is 2.74. The fourth-order valence-electron chi connectivity index (χ4n) is 6.99. The molecule has 0 spiro atoms. The Kier molecular flexibility index (Phi) is 6.79. The van der Waals surface area contributed by atoms with Gasteiger partial charge in [-0.1, -0.05) is 44.7 Å². The molecule has 1 heteroatoms. The second-order valence-electron chi connectivity index (χ2n) is 10.5. The van der Waals surface area contributed by atoms with Crippen molar-refractivity contribution in [3.8, 4) is 0 Å². The highest BCUT2D eigenvalue weighted by atomic mass is 19.1. The summed E-state index contributed by atoms with van der Waals surface area (Å²) in [5, 5.41) is 0. The summed E-state index contributed by atoms with van der Waals surface area (Å²) in [7, 11) is 0. The van der Waals surface area contributed by atoms with Crippen LogP contribution in [0.15, 0.2) is 18.2 Å². The van der Waals surface area contributed by atoms with E-state index >= 15 is 0 Å². The molecule has 0 aliphatic heterocycles. The zero-order valence-corrected chi connectivity index (χ0v) is 18.3. The summed E-state index contributed by atoms with van der Waals surface area (Å²) in [6, 6.07) is 5.95. The third kappa shape index (κ3) is 4.65. The summed E-state index contributed by atoms with van der Waals surface area (Å²) in [5.41, 5.74) is 2.02. The van der Waals surface area contributed by atoms with Gasteiger partial charge >= 0.3 is 0 Å². The van der Waals surface area contributed by atoms with Crippen molar-refractivity contribution in [2.75, 3.05) is 0 Å². The summed E-state index contributed by atoms with van der Waals surface area (Å²) >= 11 is 0. The Morgan fingerprint density at radius 3 is 2.18 bits per heavy atom. The third-order valence-corrected chi connectivity index (χ3v) is 8.83. The highest BCUT2D eigenvalue weighted by Crippen LogP contribution is 2.50. The quantitative estimate of drug-likeness (QED) is 0.478. The number of rotatable bonds is 5. The van der Waals surface area contributed by atoms with Crippen molar-refractivity contribution in [2.24, 2.45) is 29.6 Å². The first-order chi connectivity index (χ1) is 13.6. The van der Waals surface area contributed by atoms with E-state index in [1.165, 1.54) is 82.6 Å². The van der Waals surface area contributed by atoms with Gasteiger partial charge in [-0.2, -0.15) is 0 Å². The van der Waals surface area contributed by atoms with Gasteiger partial charge < -0.3 is 0 Å². The summed E-state index contributed by atoms with van der Waals surface area (Å²) in [6.07, 6.45) is 18.7. The van der Waals surface area contributed by atoms with E-state index in [2.05, 4.69) is 13.0 Å². The van der Waals surface area contributed by atoms with Crippen LogP contribution in [0, 0.1) is 42.3 Å². The number of fused-ring (bicyclic) bond motifs is 1. The maximum absolute atomic E-state index is 14.0. The van der Waals surface area contributed by atoms with Gasteiger partial charge in [0.1, 0.15) is 5.82 Å². The van der Waals surface area contributed by atoms with Crippen molar-refractivity contribution in [1.82, 2.24) is 0 Å². The van der Waals surface area contributed by atoms with Crippen LogP contribution in [0.25, 0.3) is 0 Å². The van der Waals surface area contributed by atoms with E-state index in [1.54, 1.807) is 6.42 Å². The molecule has 0 bridgehead atoms. The molecule has 4 unspecified atom stereocenters. The lowest BCUT2D eigenvalue weighted by molar-refractivity contribution is 0.0614. The Morgan fingerprint density at radius 2 is 1.46 bits per heavy atom. The van der Waals surface area contributed by atoms with Crippen LogP contribution < -0.4 is 0 Å². The lowest BCUT2D eigenvalue weighted by Gasteiger charge is -2.45. The molecule has 3 fully saturated rings. The van der Waals surface area contributed by atoms with E-state index in [0.29, 0.717) is 5.92 Å². The van der Waals surface area contributed by atoms with Gasteiger partial charge in [0.25, 0.3) is 0 Å². The number of unbranched alkanes of at least 4 members (excludes halogenated alkanes) is 1. The number of hydrogen-bond acceptors (Lipinski definition) is 0. The number of benzene rings is 1. The summed E-state index contributed by atoms with van der Waals surface area (Å²) in [6.45, 7) is 4.20. The Hall–Kier alpha value is -0.850. The topological polar surface area (TPSA) is 0 Å². The van der Waals surface area contributed by atoms with Gasteiger partial charge in [0, 0.05) is 0 Å². The van der Waals surface area contributed by atoms with Gasteiger partial charge in [0.05, 0.1) is 0 Å². The van der Waals surface area contributed by atoms with Gasteiger partial charge in [-0.3, -0.25) is 0 Å². The van der Waals surface area contributed by atoms with E-state index in [4.69, 9.17) is 0 Å². The second-order valence-corrected chi connectivity index (χ2v) is 10.5. The molecule has 4 atom stereocenters. The van der Waals surface area contributed by atoms with Crippen molar-refractivity contribution in [2.45, 2.75) is 103 Å². The van der Waals surface area contributed by atoms with Gasteiger partial charge in [-0.15, -0.1) is 0 Å². The smallest absolute Gasteiger partial charge is 0.126 e. The molecule has 28 heavy (non-hydrogen) atoms. The summed E-state index contributed by atoms with van der Waals surface area (Å²) < 4.78 is 14.0. The van der Waals surface area contributed by atoms with Gasteiger partial charge in [0.15, 0.2) is 0 Å². The van der Waals surface area contributed by atoms with Crippen molar-refractivity contribution >= 4 is 0 Å². The maximum Gasteiger partial charge on any atom is 0.126 e. The molecule has 0 N–H and O–H groups in total. The predicted octanol–water partition coefficient (Wildman–Crippen LogP) is 8.43. The summed E-state index contributed by atoms with van der Waals surface area (Å²) in [5.74, 6) is 5.65. The lowest BCUT2D eigenvalue weighted by Crippen LogP contribution is -2.34. The maximum atomic E-state index is 14.0. The minimum Gasteiger partial charge on any atom is -0.207 e. The Morgan fingerprint density at radius 1 is 0.821 bits per heavy atom. The average molecular weight is 385 g/mol. The van der Waals surface area contributed by atoms with Crippen LogP contribution in [0.4, 0.5) is 4.39 Å². The molecule has 0 heterocycles. The third-order valence-electron chi connectivity index (χ3n) is 8.83. The molecule has 0 saturated heterocycles. The molecule has 0 aromatic heterocycles. The van der Waals surface area contributed by atoms with Gasteiger partial charge in [-0.05, 0) is 117 Å². The summed E-state index contributed by atoms with van der Waals surface area (Å²) in [4.78, 5) is 0. The normalized spacial score (nSPS) is 36.1. The van der Waals surface area contributed by atoms with Crippen LogP contribution in [-0.2, 0) is 0 Å². The van der Waals surface area contributed by atoms with Crippen molar-refractivity contribution in [3.05, 3.63) is 35.1 Å². The molecule has 3 saturated carbocycles. The van der Waals surface area contributed by atoms with E-state index in [1.807, 2.05) is 19.1 Å². The highest BCUT2D eigenvalue weighted by molar-refractivity contribution is 5.26. The minimum absolute atomic E-state index is 0.0208. The van der Waals surface area contributed by atoms with Crippen molar-refractivity contribution in [1.29, 1.82) is 0 Å². The largest absolute Gasteiger partial charge is 0.207 e. The first-order valence-corrected chi connectivity index (χ1v) is 12.4. The number of hydrogen-bond donors (Lipinski definition) is 0. The van der Waals surface area contributed by atoms with E-state index in [-0.39, 0.29) is 5.82 Å². The van der Waals surface area contributed by atoms with Crippen LogP contribution >= 0.6 is 0 Å². The van der Waals surface area contributed by atoms with E-state index in [9.17, 15) is 4.39 Å². The fraction of sp³-hybridized carbons (Fsp3) is 0.778. The number of halogens is 1. The first kappa shape index (κ1) is 20.4. The SMILES string of the molecule is CCCCC1CCC2CC(C3CCC(c4ccc(C)c(F)c4)CC3)CCC2C1. The van der Waals surface area contributed by atoms with Gasteiger partial charge in [0.2, 0.25) is 0 Å². The van der Waals surface area contributed by atoms with Crippen molar-refractivity contribution < 1.29 is 4.39 Å². The van der Waals surface area contributed by atoms with Crippen LogP contribution in [0.5, 0.6) is 0 Å². The fourth-order valence-corrected chi connectivity index (χ4v) is 6.99. The molecular formula is C27H41F. The molecule has 0 radical (unpaired) electrons. The number of aryl methyl sites for hydroxylation is 1. The van der Waals surface area contributed by atoms with E-state index in [0.717, 1.165) is 35.2 Å². The molecule has 1 aromatic carbocycles.